The lowest BCUT2D eigenvalue weighted by Crippen LogP contribution is -2.21. The molecule has 3 rings (SSSR count). The SMILES string of the molecule is CCCCCCCC1CCC(c2ccc(-c3ccc(OCC)c(F)c3)c(F)c2F)OC1. The molecule has 0 spiro atoms. The van der Waals surface area contributed by atoms with E-state index in [1.54, 1.807) is 13.0 Å². The van der Waals surface area contributed by atoms with Crippen molar-refractivity contribution in [2.24, 2.45) is 5.92 Å². The molecule has 2 aromatic rings. The zero-order chi connectivity index (χ0) is 22.2. The number of halogens is 3. The first-order valence-electron chi connectivity index (χ1n) is 11.6. The molecule has 31 heavy (non-hydrogen) atoms. The lowest BCUT2D eigenvalue weighted by Gasteiger charge is -2.30. The molecule has 2 nitrogen and oxygen atoms in total. The second-order valence-corrected chi connectivity index (χ2v) is 8.38. The van der Waals surface area contributed by atoms with E-state index in [4.69, 9.17) is 9.47 Å². The summed E-state index contributed by atoms with van der Waals surface area (Å²) in [6.07, 6.45) is 8.61. The van der Waals surface area contributed by atoms with Crippen LogP contribution in [-0.4, -0.2) is 13.2 Å². The van der Waals surface area contributed by atoms with Crippen LogP contribution in [0.2, 0.25) is 0 Å². The molecule has 0 aromatic heterocycles. The fourth-order valence-electron chi connectivity index (χ4n) is 4.29. The summed E-state index contributed by atoms with van der Waals surface area (Å²) in [7, 11) is 0. The van der Waals surface area contributed by atoms with Gasteiger partial charge in [-0.1, -0.05) is 57.2 Å². The van der Waals surface area contributed by atoms with E-state index in [0.717, 1.165) is 12.8 Å². The van der Waals surface area contributed by atoms with Gasteiger partial charge in [-0.05, 0) is 49.8 Å². The lowest BCUT2D eigenvalue weighted by atomic mass is 9.90. The van der Waals surface area contributed by atoms with Crippen LogP contribution in [-0.2, 0) is 4.74 Å². The Bertz CT molecular complexity index is 845. The Kier molecular flexibility index (Phi) is 8.82. The number of unbranched alkanes of at least 4 members (excludes halogenated alkanes) is 4. The molecule has 2 atom stereocenters. The van der Waals surface area contributed by atoms with Gasteiger partial charge in [-0.2, -0.15) is 0 Å². The molecule has 0 bridgehead atoms. The zero-order valence-corrected chi connectivity index (χ0v) is 18.6. The largest absolute Gasteiger partial charge is 0.491 e. The molecule has 0 N–H and O–H groups in total. The van der Waals surface area contributed by atoms with Gasteiger partial charge < -0.3 is 9.47 Å². The van der Waals surface area contributed by atoms with Crippen LogP contribution < -0.4 is 4.74 Å². The average Bonchev–Trinajstić information content (AvgIpc) is 2.78. The molecule has 1 heterocycles. The Morgan fingerprint density at radius 2 is 1.74 bits per heavy atom. The van der Waals surface area contributed by atoms with Crippen molar-refractivity contribution in [2.45, 2.75) is 71.3 Å². The maximum atomic E-state index is 14.9. The van der Waals surface area contributed by atoms with Crippen molar-refractivity contribution in [3.8, 4) is 16.9 Å². The smallest absolute Gasteiger partial charge is 0.167 e. The van der Waals surface area contributed by atoms with Crippen LogP contribution in [0.25, 0.3) is 11.1 Å². The van der Waals surface area contributed by atoms with Gasteiger partial charge in [-0.15, -0.1) is 0 Å². The number of rotatable bonds is 10. The monoisotopic (exact) mass is 434 g/mol. The maximum absolute atomic E-state index is 14.9. The van der Waals surface area contributed by atoms with Crippen molar-refractivity contribution >= 4 is 0 Å². The minimum absolute atomic E-state index is 0.0314. The second kappa shape index (κ2) is 11.6. The lowest BCUT2D eigenvalue weighted by molar-refractivity contribution is -0.0218. The normalized spacial score (nSPS) is 18.9. The Labute approximate surface area is 183 Å². The van der Waals surface area contributed by atoms with Crippen LogP contribution in [0.3, 0.4) is 0 Å². The fraction of sp³-hybridized carbons (Fsp3) is 0.538. The Balaban J connectivity index is 1.63. The number of ether oxygens (including phenoxy) is 2. The molecule has 170 valence electrons. The van der Waals surface area contributed by atoms with Crippen molar-refractivity contribution in [3.05, 3.63) is 53.3 Å². The predicted octanol–water partition coefficient (Wildman–Crippen LogP) is 8.00. The van der Waals surface area contributed by atoms with Gasteiger partial charge in [0.2, 0.25) is 0 Å². The molecule has 1 saturated heterocycles. The molecule has 0 saturated carbocycles. The molecular weight excluding hydrogens is 401 g/mol. The van der Waals surface area contributed by atoms with E-state index in [-0.39, 0.29) is 22.4 Å². The van der Waals surface area contributed by atoms with Gasteiger partial charge in [0, 0.05) is 11.1 Å². The van der Waals surface area contributed by atoms with E-state index in [9.17, 15) is 13.2 Å². The average molecular weight is 435 g/mol. The molecule has 2 aromatic carbocycles. The molecule has 1 aliphatic rings. The highest BCUT2D eigenvalue weighted by molar-refractivity contribution is 5.66. The minimum atomic E-state index is -0.970. The van der Waals surface area contributed by atoms with Gasteiger partial charge in [0.1, 0.15) is 0 Å². The molecule has 0 aliphatic carbocycles. The van der Waals surface area contributed by atoms with E-state index < -0.39 is 23.6 Å². The van der Waals surface area contributed by atoms with E-state index in [1.165, 1.54) is 56.4 Å². The molecule has 0 radical (unpaired) electrons. The number of benzene rings is 2. The third kappa shape index (κ3) is 6.03. The standard InChI is InChI=1S/C26H33F3O2/c1-3-5-6-7-8-9-18-10-14-23(31-17-18)21-13-12-20(25(28)26(21)29)19-11-15-24(30-4-2)22(27)16-19/h11-13,15-16,18,23H,3-10,14,17H2,1-2H3. The summed E-state index contributed by atoms with van der Waals surface area (Å²) in [6, 6.07) is 7.22. The third-order valence-electron chi connectivity index (χ3n) is 6.09. The number of hydrogen-bond acceptors (Lipinski definition) is 2. The van der Waals surface area contributed by atoms with Crippen LogP contribution >= 0.6 is 0 Å². The van der Waals surface area contributed by atoms with Gasteiger partial charge in [-0.3, -0.25) is 0 Å². The topological polar surface area (TPSA) is 18.5 Å². The second-order valence-electron chi connectivity index (χ2n) is 8.38. The summed E-state index contributed by atoms with van der Waals surface area (Å²) in [6.45, 7) is 4.88. The first-order chi connectivity index (χ1) is 15.0. The Morgan fingerprint density at radius 1 is 0.935 bits per heavy atom. The van der Waals surface area contributed by atoms with Crippen LogP contribution in [0.4, 0.5) is 13.2 Å². The molecular formula is C26H33F3O2. The van der Waals surface area contributed by atoms with Crippen LogP contribution in [0.5, 0.6) is 5.75 Å². The van der Waals surface area contributed by atoms with Crippen LogP contribution in [0, 0.1) is 23.4 Å². The van der Waals surface area contributed by atoms with Gasteiger partial charge in [-0.25, -0.2) is 13.2 Å². The van der Waals surface area contributed by atoms with Crippen molar-refractivity contribution in [1.29, 1.82) is 0 Å². The van der Waals surface area contributed by atoms with E-state index in [0.29, 0.717) is 25.6 Å². The third-order valence-corrected chi connectivity index (χ3v) is 6.09. The Morgan fingerprint density at radius 3 is 2.42 bits per heavy atom. The highest BCUT2D eigenvalue weighted by atomic mass is 19.2. The highest BCUT2D eigenvalue weighted by Crippen LogP contribution is 2.37. The van der Waals surface area contributed by atoms with Crippen molar-refractivity contribution < 1.29 is 22.6 Å². The molecule has 1 aliphatic heterocycles. The first-order valence-corrected chi connectivity index (χ1v) is 11.6. The molecule has 2 unspecified atom stereocenters. The molecule has 1 fully saturated rings. The number of hydrogen-bond donors (Lipinski definition) is 0. The van der Waals surface area contributed by atoms with Gasteiger partial charge in [0.25, 0.3) is 0 Å². The fourth-order valence-corrected chi connectivity index (χ4v) is 4.29. The summed E-state index contributed by atoms with van der Waals surface area (Å²) in [5.74, 6) is -1.88. The summed E-state index contributed by atoms with van der Waals surface area (Å²) >= 11 is 0. The van der Waals surface area contributed by atoms with Crippen molar-refractivity contribution in [3.63, 3.8) is 0 Å². The zero-order valence-electron chi connectivity index (χ0n) is 18.6. The maximum Gasteiger partial charge on any atom is 0.167 e. The van der Waals surface area contributed by atoms with Crippen LogP contribution in [0.15, 0.2) is 30.3 Å². The Hall–Kier alpha value is -2.01. The summed E-state index contributed by atoms with van der Waals surface area (Å²) in [4.78, 5) is 0. The molecule has 5 heteroatoms. The molecule has 0 amide bonds. The summed E-state index contributed by atoms with van der Waals surface area (Å²) < 4.78 is 55.0. The quantitative estimate of drug-likeness (QED) is 0.353. The summed E-state index contributed by atoms with van der Waals surface area (Å²) in [5.41, 5.74) is 0.551. The van der Waals surface area contributed by atoms with E-state index >= 15 is 0 Å². The van der Waals surface area contributed by atoms with E-state index in [1.807, 2.05) is 0 Å². The predicted molar refractivity (Wildman–Crippen MR) is 118 cm³/mol. The van der Waals surface area contributed by atoms with Gasteiger partial charge in [0.15, 0.2) is 23.2 Å². The first kappa shape index (κ1) is 23.6. The van der Waals surface area contributed by atoms with E-state index in [2.05, 4.69) is 6.92 Å². The summed E-state index contributed by atoms with van der Waals surface area (Å²) in [5, 5.41) is 0. The van der Waals surface area contributed by atoms with Crippen molar-refractivity contribution in [1.82, 2.24) is 0 Å². The van der Waals surface area contributed by atoms with Gasteiger partial charge >= 0.3 is 0 Å². The van der Waals surface area contributed by atoms with Gasteiger partial charge in [0.05, 0.1) is 19.3 Å². The highest BCUT2D eigenvalue weighted by Gasteiger charge is 2.27. The minimum Gasteiger partial charge on any atom is -0.491 e. The van der Waals surface area contributed by atoms with Crippen LogP contribution in [0.1, 0.15) is 76.9 Å². The van der Waals surface area contributed by atoms with Crippen molar-refractivity contribution in [2.75, 3.05) is 13.2 Å².